The van der Waals surface area contributed by atoms with E-state index in [4.69, 9.17) is 9.47 Å². The Hall–Kier alpha value is -2.80. The van der Waals surface area contributed by atoms with Crippen molar-refractivity contribution in [2.45, 2.75) is 50.4 Å². The fraction of sp³-hybridized carbons (Fsp3) is 0.348. The van der Waals surface area contributed by atoms with Gasteiger partial charge in [0.25, 0.3) is 5.91 Å². The summed E-state index contributed by atoms with van der Waals surface area (Å²) in [5.41, 5.74) is 3.99. The Morgan fingerprint density at radius 2 is 1.73 bits per heavy atom. The molecule has 0 aliphatic heterocycles. The Kier molecular flexibility index (Phi) is 8.47. The molecule has 0 aliphatic rings. The largest absolute Gasteiger partial charge is 0.482 e. The number of carbonyl (C=O) groups excluding carboxylic acids is 2. The fourth-order valence-corrected chi connectivity index (χ4v) is 3.16. The molecule has 0 bridgehead atoms. The maximum absolute atomic E-state index is 12.2. The Morgan fingerprint density at radius 1 is 1.10 bits per heavy atom. The van der Waals surface area contributed by atoms with Crippen LogP contribution < -0.4 is 10.2 Å². The van der Waals surface area contributed by atoms with Crippen LogP contribution in [0, 0.1) is 6.92 Å². The van der Waals surface area contributed by atoms with Crippen LogP contribution in [0.1, 0.15) is 38.8 Å². The number of ether oxygens (including phenoxy) is 2. The van der Waals surface area contributed by atoms with Crippen molar-refractivity contribution in [3.63, 3.8) is 0 Å². The zero-order chi connectivity index (χ0) is 22.1. The Balaban J connectivity index is 1.78. The molecule has 30 heavy (non-hydrogen) atoms. The van der Waals surface area contributed by atoms with Crippen molar-refractivity contribution in [2.24, 2.45) is 5.10 Å². The molecule has 0 radical (unpaired) electrons. The van der Waals surface area contributed by atoms with Gasteiger partial charge in [-0.2, -0.15) is 5.10 Å². The Morgan fingerprint density at radius 3 is 2.33 bits per heavy atom. The first-order valence-electron chi connectivity index (χ1n) is 9.63. The van der Waals surface area contributed by atoms with E-state index in [0.717, 1.165) is 10.5 Å². The first-order valence-corrected chi connectivity index (χ1v) is 10.5. The molecule has 1 amide bonds. The van der Waals surface area contributed by atoms with Crippen molar-refractivity contribution in [1.29, 1.82) is 0 Å². The Bertz CT molecular complexity index is 872. The van der Waals surface area contributed by atoms with Gasteiger partial charge in [0, 0.05) is 4.90 Å². The third-order valence-corrected chi connectivity index (χ3v) is 4.86. The van der Waals surface area contributed by atoms with Crippen molar-refractivity contribution in [2.75, 3.05) is 6.61 Å². The first kappa shape index (κ1) is 23.5. The number of thioether (sulfide) groups is 1. The molecule has 0 saturated heterocycles. The van der Waals surface area contributed by atoms with Crippen LogP contribution in [0.15, 0.2) is 58.5 Å². The number of hydrogen-bond donors (Lipinski definition) is 1. The van der Waals surface area contributed by atoms with E-state index in [0.29, 0.717) is 5.75 Å². The average molecular weight is 429 g/mol. The summed E-state index contributed by atoms with van der Waals surface area (Å²) in [5.74, 6) is -0.0483. The van der Waals surface area contributed by atoms with Gasteiger partial charge in [-0.15, -0.1) is 11.8 Å². The molecule has 0 aliphatic carbocycles. The maximum atomic E-state index is 12.2. The fourth-order valence-electron chi connectivity index (χ4n) is 2.30. The average Bonchev–Trinajstić information content (AvgIpc) is 2.67. The number of nitrogens with zero attached hydrogens (tertiary/aromatic N) is 1. The third kappa shape index (κ3) is 8.69. The van der Waals surface area contributed by atoms with Gasteiger partial charge >= 0.3 is 5.97 Å². The van der Waals surface area contributed by atoms with Crippen LogP contribution in [0.2, 0.25) is 0 Å². The number of nitrogens with one attached hydrogen (secondary N) is 1. The lowest BCUT2D eigenvalue weighted by Crippen LogP contribution is -2.27. The van der Waals surface area contributed by atoms with Crippen LogP contribution in [-0.2, 0) is 14.3 Å². The van der Waals surface area contributed by atoms with Gasteiger partial charge in [-0.1, -0.05) is 17.7 Å². The van der Waals surface area contributed by atoms with Gasteiger partial charge in [0.15, 0.2) is 6.61 Å². The second kappa shape index (κ2) is 10.8. The van der Waals surface area contributed by atoms with Gasteiger partial charge in [0.05, 0.1) is 11.5 Å². The predicted octanol–water partition coefficient (Wildman–Crippen LogP) is 4.35. The molecule has 0 unspecified atom stereocenters. The third-order valence-electron chi connectivity index (χ3n) is 3.75. The van der Waals surface area contributed by atoms with E-state index >= 15 is 0 Å². The molecule has 0 saturated carbocycles. The van der Waals surface area contributed by atoms with E-state index in [1.807, 2.05) is 38.1 Å². The van der Waals surface area contributed by atoms with Gasteiger partial charge in [-0.05, 0) is 76.6 Å². The number of hydrogen-bond acceptors (Lipinski definition) is 6. The maximum Gasteiger partial charge on any atom is 0.344 e. The van der Waals surface area contributed by atoms with Crippen LogP contribution in [0.25, 0.3) is 0 Å². The lowest BCUT2D eigenvalue weighted by Gasteiger charge is -2.19. The topological polar surface area (TPSA) is 77.0 Å². The highest BCUT2D eigenvalue weighted by Gasteiger charge is 2.16. The molecule has 0 heterocycles. The molecule has 6 nitrogen and oxygen atoms in total. The van der Waals surface area contributed by atoms with E-state index < -0.39 is 11.6 Å². The van der Waals surface area contributed by atoms with Crippen LogP contribution in [0.5, 0.6) is 5.75 Å². The molecular formula is C23H28N2O4S. The van der Waals surface area contributed by atoms with Crippen molar-refractivity contribution in [3.8, 4) is 5.75 Å². The van der Waals surface area contributed by atoms with E-state index in [1.165, 1.54) is 17.3 Å². The van der Waals surface area contributed by atoms with E-state index in [-0.39, 0.29) is 17.8 Å². The number of benzene rings is 2. The summed E-state index contributed by atoms with van der Waals surface area (Å²) < 4.78 is 10.6. The summed E-state index contributed by atoms with van der Waals surface area (Å²) >= 11 is 1.48. The second-order valence-corrected chi connectivity index (χ2v) is 9.17. The molecule has 7 heteroatoms. The minimum Gasteiger partial charge on any atom is -0.482 e. The molecule has 1 atom stereocenters. The number of carbonyl (C=O) groups is 2. The summed E-state index contributed by atoms with van der Waals surface area (Å²) in [7, 11) is 0. The van der Waals surface area contributed by atoms with E-state index in [9.17, 15) is 9.59 Å². The van der Waals surface area contributed by atoms with Crippen molar-refractivity contribution in [1.82, 2.24) is 5.43 Å². The summed E-state index contributed by atoms with van der Waals surface area (Å²) in [5, 5.41) is 3.74. The van der Waals surface area contributed by atoms with Gasteiger partial charge in [0.1, 0.15) is 11.4 Å². The van der Waals surface area contributed by atoms with Crippen LogP contribution in [0.3, 0.4) is 0 Å². The number of aryl methyl sites for hydroxylation is 1. The second-order valence-electron chi connectivity index (χ2n) is 7.75. The zero-order valence-electron chi connectivity index (χ0n) is 18.0. The number of rotatable bonds is 8. The van der Waals surface area contributed by atoms with Crippen molar-refractivity contribution < 1.29 is 19.1 Å². The molecule has 0 spiro atoms. The minimum absolute atomic E-state index is 0.155. The normalized spacial score (nSPS) is 12.4. The number of hydrazone groups is 1. The standard InChI is InChI=1S/C23H28N2O4S/c1-16-6-12-20(13-7-16)30-17(2)22(27)25-24-14-18-8-10-19(11-9-18)28-15-21(26)29-23(3,4)5/h6-14,17H,15H2,1-5H3,(H,25,27)/b24-14-/t17-/m0/s1. The summed E-state index contributed by atoms with van der Waals surface area (Å²) in [6, 6.07) is 15.1. The van der Waals surface area contributed by atoms with Crippen molar-refractivity contribution in [3.05, 3.63) is 59.7 Å². The number of esters is 1. The highest BCUT2D eigenvalue weighted by atomic mass is 32.2. The number of amides is 1. The van der Waals surface area contributed by atoms with Gasteiger partial charge in [-0.25, -0.2) is 10.2 Å². The summed E-state index contributed by atoms with van der Waals surface area (Å²) in [6.07, 6.45) is 1.55. The van der Waals surface area contributed by atoms with Gasteiger partial charge in [-0.3, -0.25) is 4.79 Å². The zero-order valence-corrected chi connectivity index (χ0v) is 18.8. The van der Waals surface area contributed by atoms with E-state index in [1.54, 1.807) is 51.3 Å². The lowest BCUT2D eigenvalue weighted by molar-refractivity contribution is -0.157. The highest BCUT2D eigenvalue weighted by molar-refractivity contribution is 8.00. The van der Waals surface area contributed by atoms with E-state index in [2.05, 4.69) is 10.5 Å². The molecule has 0 fully saturated rings. The van der Waals surface area contributed by atoms with Crippen molar-refractivity contribution >= 4 is 29.9 Å². The first-order chi connectivity index (χ1) is 14.1. The molecule has 2 aromatic carbocycles. The molecule has 2 aromatic rings. The minimum atomic E-state index is -0.540. The quantitative estimate of drug-likeness (QED) is 0.293. The predicted molar refractivity (Wildman–Crippen MR) is 120 cm³/mol. The summed E-state index contributed by atoms with van der Waals surface area (Å²) in [6.45, 7) is 9.13. The Labute approximate surface area is 182 Å². The monoisotopic (exact) mass is 428 g/mol. The molecular weight excluding hydrogens is 400 g/mol. The lowest BCUT2D eigenvalue weighted by atomic mass is 10.2. The molecule has 2 rings (SSSR count). The molecule has 0 aromatic heterocycles. The van der Waals surface area contributed by atoms with Crippen LogP contribution in [0.4, 0.5) is 0 Å². The smallest absolute Gasteiger partial charge is 0.344 e. The SMILES string of the molecule is Cc1ccc(S[C@@H](C)C(=O)N/N=C\c2ccc(OCC(=O)OC(C)(C)C)cc2)cc1. The molecule has 160 valence electrons. The van der Waals surface area contributed by atoms with Gasteiger partial charge in [0.2, 0.25) is 0 Å². The van der Waals surface area contributed by atoms with Gasteiger partial charge < -0.3 is 9.47 Å². The highest BCUT2D eigenvalue weighted by Crippen LogP contribution is 2.23. The molecule has 1 N–H and O–H groups in total. The van der Waals surface area contributed by atoms with Crippen LogP contribution in [-0.4, -0.2) is 35.5 Å². The summed E-state index contributed by atoms with van der Waals surface area (Å²) in [4.78, 5) is 24.9. The van der Waals surface area contributed by atoms with Crippen LogP contribution >= 0.6 is 11.8 Å².